The Morgan fingerprint density at radius 2 is 1.72 bits per heavy atom. The molecule has 0 bridgehead atoms. The SMILES string of the molecule is Cc1ccc(OCc2nc(CC(=O)N(C)CCOc3ccc(Cl)cc3)cs2)cc1. The summed E-state index contributed by atoms with van der Waals surface area (Å²) in [5, 5.41) is 3.42. The molecule has 0 spiro atoms. The smallest absolute Gasteiger partial charge is 0.228 e. The van der Waals surface area contributed by atoms with Gasteiger partial charge in [0, 0.05) is 17.5 Å². The zero-order valence-corrected chi connectivity index (χ0v) is 18.0. The summed E-state index contributed by atoms with van der Waals surface area (Å²) < 4.78 is 11.4. The highest BCUT2D eigenvalue weighted by Gasteiger charge is 2.13. The zero-order chi connectivity index (χ0) is 20.6. The van der Waals surface area contributed by atoms with E-state index in [1.807, 2.05) is 36.6 Å². The fourth-order valence-corrected chi connectivity index (χ4v) is 3.35. The van der Waals surface area contributed by atoms with E-state index in [-0.39, 0.29) is 12.3 Å². The highest BCUT2D eigenvalue weighted by Crippen LogP contribution is 2.17. The Morgan fingerprint density at radius 1 is 1.07 bits per heavy atom. The Kier molecular flexibility index (Phi) is 7.49. The van der Waals surface area contributed by atoms with E-state index in [1.54, 1.807) is 36.2 Å². The van der Waals surface area contributed by atoms with Gasteiger partial charge in [-0.2, -0.15) is 0 Å². The van der Waals surface area contributed by atoms with Crippen LogP contribution in [-0.2, 0) is 17.8 Å². The summed E-state index contributed by atoms with van der Waals surface area (Å²) in [5.74, 6) is 1.54. The van der Waals surface area contributed by atoms with Gasteiger partial charge in [0.1, 0.15) is 29.7 Å². The number of aryl methyl sites for hydroxylation is 1. The average Bonchev–Trinajstić information content (AvgIpc) is 3.16. The molecule has 1 heterocycles. The summed E-state index contributed by atoms with van der Waals surface area (Å²) >= 11 is 7.35. The number of rotatable bonds is 9. The van der Waals surface area contributed by atoms with Crippen molar-refractivity contribution in [2.45, 2.75) is 20.0 Å². The molecule has 0 aliphatic carbocycles. The number of hydrogen-bond donors (Lipinski definition) is 0. The van der Waals surface area contributed by atoms with Crippen LogP contribution in [0.4, 0.5) is 0 Å². The van der Waals surface area contributed by atoms with Gasteiger partial charge in [-0.25, -0.2) is 4.98 Å². The summed E-state index contributed by atoms with van der Waals surface area (Å²) in [5.41, 5.74) is 1.95. The maximum atomic E-state index is 12.4. The van der Waals surface area contributed by atoms with Gasteiger partial charge >= 0.3 is 0 Å². The number of halogens is 1. The first-order chi connectivity index (χ1) is 14.0. The molecule has 0 unspecified atom stereocenters. The van der Waals surface area contributed by atoms with E-state index in [1.165, 1.54) is 16.9 Å². The van der Waals surface area contributed by atoms with E-state index >= 15 is 0 Å². The lowest BCUT2D eigenvalue weighted by molar-refractivity contribution is -0.129. The molecule has 152 valence electrons. The Morgan fingerprint density at radius 3 is 2.45 bits per heavy atom. The molecular weight excluding hydrogens is 408 g/mol. The second-order valence-corrected chi connectivity index (χ2v) is 8.01. The van der Waals surface area contributed by atoms with E-state index in [2.05, 4.69) is 4.98 Å². The molecule has 3 rings (SSSR count). The van der Waals surface area contributed by atoms with Gasteiger partial charge in [-0.1, -0.05) is 29.3 Å². The number of ether oxygens (including phenoxy) is 2. The normalized spacial score (nSPS) is 10.6. The molecule has 3 aromatic rings. The van der Waals surface area contributed by atoms with Crippen LogP contribution in [0, 0.1) is 6.92 Å². The fraction of sp³-hybridized carbons (Fsp3) is 0.273. The van der Waals surface area contributed by atoms with Crippen molar-refractivity contribution in [2.24, 2.45) is 0 Å². The molecular formula is C22H23ClN2O3S. The molecule has 0 aliphatic rings. The van der Waals surface area contributed by atoms with Crippen molar-refractivity contribution in [3.8, 4) is 11.5 Å². The van der Waals surface area contributed by atoms with Crippen molar-refractivity contribution in [1.29, 1.82) is 0 Å². The first kappa shape index (κ1) is 21.1. The van der Waals surface area contributed by atoms with Crippen LogP contribution < -0.4 is 9.47 Å². The van der Waals surface area contributed by atoms with Gasteiger partial charge in [-0.05, 0) is 43.3 Å². The van der Waals surface area contributed by atoms with Crippen LogP contribution in [0.15, 0.2) is 53.9 Å². The van der Waals surface area contributed by atoms with Crippen LogP contribution in [0.1, 0.15) is 16.3 Å². The Bertz CT molecular complexity index is 926. The summed E-state index contributed by atoms with van der Waals surface area (Å²) in [6.45, 7) is 3.34. The number of amides is 1. The molecule has 29 heavy (non-hydrogen) atoms. The van der Waals surface area contributed by atoms with E-state index < -0.39 is 0 Å². The summed E-state index contributed by atoms with van der Waals surface area (Å²) in [4.78, 5) is 18.6. The summed E-state index contributed by atoms with van der Waals surface area (Å²) in [6.07, 6.45) is 0.262. The molecule has 7 heteroatoms. The van der Waals surface area contributed by atoms with E-state index in [0.717, 1.165) is 22.2 Å². The zero-order valence-electron chi connectivity index (χ0n) is 16.4. The maximum Gasteiger partial charge on any atom is 0.228 e. The number of benzene rings is 2. The first-order valence-electron chi connectivity index (χ1n) is 9.24. The van der Waals surface area contributed by atoms with Crippen LogP contribution in [0.5, 0.6) is 11.5 Å². The average molecular weight is 431 g/mol. The van der Waals surface area contributed by atoms with Gasteiger partial charge in [0.05, 0.1) is 18.7 Å². The van der Waals surface area contributed by atoms with Gasteiger partial charge in [0.15, 0.2) is 0 Å². The third-order valence-electron chi connectivity index (χ3n) is 4.25. The van der Waals surface area contributed by atoms with Crippen molar-refractivity contribution in [2.75, 3.05) is 20.2 Å². The van der Waals surface area contributed by atoms with Crippen molar-refractivity contribution < 1.29 is 14.3 Å². The minimum atomic E-state index is 0.000934. The third kappa shape index (κ3) is 6.76. The van der Waals surface area contributed by atoms with Gasteiger partial charge in [0.2, 0.25) is 5.91 Å². The molecule has 5 nitrogen and oxygen atoms in total. The van der Waals surface area contributed by atoms with Crippen molar-refractivity contribution in [3.63, 3.8) is 0 Å². The number of carbonyl (C=O) groups is 1. The Balaban J connectivity index is 1.41. The number of aromatic nitrogens is 1. The van der Waals surface area contributed by atoms with Crippen LogP contribution in [0.2, 0.25) is 5.02 Å². The Hall–Kier alpha value is -2.57. The van der Waals surface area contributed by atoms with Gasteiger partial charge in [0.25, 0.3) is 0 Å². The molecule has 0 N–H and O–H groups in total. The molecule has 0 saturated heterocycles. The number of hydrogen-bond acceptors (Lipinski definition) is 5. The van der Waals surface area contributed by atoms with Crippen molar-refractivity contribution in [1.82, 2.24) is 9.88 Å². The van der Waals surface area contributed by atoms with Crippen LogP contribution in [-0.4, -0.2) is 36.0 Å². The first-order valence-corrected chi connectivity index (χ1v) is 10.5. The predicted molar refractivity (Wildman–Crippen MR) is 116 cm³/mol. The molecule has 2 aromatic carbocycles. The lowest BCUT2D eigenvalue weighted by Crippen LogP contribution is -2.32. The standard InChI is InChI=1S/C22H23ClN2O3S/c1-16-3-7-20(8-4-16)28-14-21-24-18(15-29-21)13-22(26)25(2)11-12-27-19-9-5-17(23)6-10-19/h3-10,15H,11-14H2,1-2H3. The number of likely N-dealkylation sites (N-methyl/N-ethyl adjacent to an activating group) is 1. The molecule has 0 atom stereocenters. The highest BCUT2D eigenvalue weighted by molar-refractivity contribution is 7.09. The number of thiazole rings is 1. The lowest BCUT2D eigenvalue weighted by Gasteiger charge is -2.17. The van der Waals surface area contributed by atoms with Gasteiger partial charge < -0.3 is 14.4 Å². The van der Waals surface area contributed by atoms with Crippen LogP contribution in [0.25, 0.3) is 0 Å². The van der Waals surface area contributed by atoms with Crippen molar-refractivity contribution >= 4 is 28.8 Å². The minimum absolute atomic E-state index is 0.000934. The van der Waals surface area contributed by atoms with Crippen LogP contribution in [0.3, 0.4) is 0 Å². The largest absolute Gasteiger partial charge is 0.492 e. The molecule has 0 radical (unpaired) electrons. The predicted octanol–water partition coefficient (Wildman–Crippen LogP) is 4.76. The van der Waals surface area contributed by atoms with Gasteiger partial charge in [-0.15, -0.1) is 11.3 Å². The lowest BCUT2D eigenvalue weighted by atomic mass is 10.2. The van der Waals surface area contributed by atoms with E-state index in [4.69, 9.17) is 21.1 Å². The molecule has 0 fully saturated rings. The second kappa shape index (κ2) is 10.3. The van der Waals surface area contributed by atoms with E-state index in [0.29, 0.717) is 24.8 Å². The highest BCUT2D eigenvalue weighted by atomic mass is 35.5. The van der Waals surface area contributed by atoms with E-state index in [9.17, 15) is 4.79 Å². The summed E-state index contributed by atoms with van der Waals surface area (Å²) in [7, 11) is 1.77. The monoisotopic (exact) mass is 430 g/mol. The molecule has 1 amide bonds. The quantitative estimate of drug-likeness (QED) is 0.491. The topological polar surface area (TPSA) is 51.7 Å². The second-order valence-electron chi connectivity index (χ2n) is 6.63. The maximum absolute atomic E-state index is 12.4. The number of carbonyl (C=O) groups excluding carboxylic acids is 1. The van der Waals surface area contributed by atoms with Gasteiger partial charge in [-0.3, -0.25) is 4.79 Å². The molecule has 0 aliphatic heterocycles. The van der Waals surface area contributed by atoms with Crippen LogP contribution >= 0.6 is 22.9 Å². The fourth-order valence-electron chi connectivity index (χ4n) is 2.52. The number of nitrogens with zero attached hydrogens (tertiary/aromatic N) is 2. The molecule has 1 aromatic heterocycles. The summed E-state index contributed by atoms with van der Waals surface area (Å²) in [6, 6.07) is 15.0. The molecule has 0 saturated carbocycles. The third-order valence-corrected chi connectivity index (χ3v) is 5.37. The van der Waals surface area contributed by atoms with Crippen molar-refractivity contribution in [3.05, 3.63) is 75.2 Å². The minimum Gasteiger partial charge on any atom is -0.492 e. The Labute approximate surface area is 179 Å².